The smallest absolute Gasteiger partial charge is 0.274 e. The molecule has 8 nitrogen and oxygen atoms in total. The second-order valence-corrected chi connectivity index (χ2v) is 8.29. The lowest BCUT2D eigenvalue weighted by molar-refractivity contribution is -0.127. The summed E-state index contributed by atoms with van der Waals surface area (Å²) in [6, 6.07) is 7.58. The summed E-state index contributed by atoms with van der Waals surface area (Å²) in [5.74, 6) is 0.435. The van der Waals surface area contributed by atoms with Crippen LogP contribution in [-0.4, -0.2) is 62.7 Å². The van der Waals surface area contributed by atoms with E-state index in [1.807, 2.05) is 36.6 Å². The predicted octanol–water partition coefficient (Wildman–Crippen LogP) is 2.82. The first-order valence-electron chi connectivity index (χ1n) is 10.3. The van der Waals surface area contributed by atoms with Gasteiger partial charge in [0.15, 0.2) is 0 Å². The van der Waals surface area contributed by atoms with Crippen molar-refractivity contribution in [3.8, 4) is 5.75 Å². The van der Waals surface area contributed by atoms with Crippen LogP contribution < -0.4 is 4.74 Å². The molecule has 1 saturated heterocycles. The molecule has 2 aromatic heterocycles. The van der Waals surface area contributed by atoms with Crippen LogP contribution in [0.2, 0.25) is 0 Å². The van der Waals surface area contributed by atoms with Crippen LogP contribution in [0.4, 0.5) is 0 Å². The molecule has 9 heteroatoms. The monoisotopic (exact) mass is 449 g/mol. The predicted molar refractivity (Wildman–Crippen MR) is 121 cm³/mol. The zero-order valence-corrected chi connectivity index (χ0v) is 18.5. The number of amides is 2. The lowest BCUT2D eigenvalue weighted by atomic mass is 10.2. The molecule has 0 spiro atoms. The highest BCUT2D eigenvalue weighted by Gasteiger charge is 2.24. The number of hydrogen-bond donors (Lipinski definition) is 0. The van der Waals surface area contributed by atoms with Gasteiger partial charge in [0.1, 0.15) is 18.1 Å². The van der Waals surface area contributed by atoms with Gasteiger partial charge in [-0.1, -0.05) is 18.2 Å². The Morgan fingerprint density at radius 2 is 1.91 bits per heavy atom. The summed E-state index contributed by atoms with van der Waals surface area (Å²) in [6.45, 7) is 4.20. The van der Waals surface area contributed by atoms with Crippen LogP contribution >= 0.6 is 11.3 Å². The van der Waals surface area contributed by atoms with E-state index in [2.05, 4.69) is 15.0 Å². The molecule has 0 bridgehead atoms. The van der Waals surface area contributed by atoms with Crippen LogP contribution in [0.1, 0.15) is 26.8 Å². The minimum absolute atomic E-state index is 0.0958. The van der Waals surface area contributed by atoms with E-state index in [9.17, 15) is 9.59 Å². The normalized spacial score (nSPS) is 14.0. The first-order chi connectivity index (χ1) is 15.6. The third-order valence-corrected chi connectivity index (χ3v) is 5.85. The largest absolute Gasteiger partial charge is 0.487 e. The quantitative estimate of drug-likeness (QED) is 0.538. The molecule has 1 fully saturated rings. The molecule has 1 aromatic carbocycles. The molecule has 0 saturated carbocycles. The Hall–Kier alpha value is -3.59. The van der Waals surface area contributed by atoms with Crippen LogP contribution in [0.25, 0.3) is 6.08 Å². The number of hydrogen-bond acceptors (Lipinski definition) is 7. The fourth-order valence-electron chi connectivity index (χ4n) is 3.34. The summed E-state index contributed by atoms with van der Waals surface area (Å²) in [6.07, 6.45) is 7.80. The summed E-state index contributed by atoms with van der Waals surface area (Å²) >= 11 is 1.59. The molecule has 1 aliphatic heterocycles. The molecule has 0 unspecified atom stereocenters. The van der Waals surface area contributed by atoms with Crippen molar-refractivity contribution in [1.82, 2.24) is 24.8 Å². The maximum Gasteiger partial charge on any atom is 0.274 e. The Labute approximate surface area is 190 Å². The first kappa shape index (κ1) is 21.6. The number of benzene rings is 1. The van der Waals surface area contributed by atoms with Crippen LogP contribution in [0.3, 0.4) is 0 Å². The van der Waals surface area contributed by atoms with Crippen LogP contribution in [0.5, 0.6) is 5.75 Å². The van der Waals surface area contributed by atoms with Gasteiger partial charge in [-0.05, 0) is 19.1 Å². The highest BCUT2D eigenvalue weighted by molar-refractivity contribution is 7.09. The van der Waals surface area contributed by atoms with E-state index >= 15 is 0 Å². The average Bonchev–Trinajstić information content (AvgIpc) is 3.27. The van der Waals surface area contributed by atoms with E-state index < -0.39 is 0 Å². The molecule has 0 atom stereocenters. The summed E-state index contributed by atoms with van der Waals surface area (Å²) in [7, 11) is 0. The Morgan fingerprint density at radius 1 is 1.12 bits per heavy atom. The fourth-order valence-corrected chi connectivity index (χ4v) is 3.94. The number of piperazine rings is 1. The molecular weight excluding hydrogens is 426 g/mol. The molecule has 0 radical (unpaired) electrons. The molecule has 0 aliphatic carbocycles. The Morgan fingerprint density at radius 3 is 2.62 bits per heavy atom. The van der Waals surface area contributed by atoms with Crippen LogP contribution in [0, 0.1) is 6.92 Å². The number of carbonyl (C=O) groups is 2. The molecule has 3 heterocycles. The fraction of sp³-hybridized carbons (Fsp3) is 0.261. The van der Waals surface area contributed by atoms with Gasteiger partial charge in [-0.15, -0.1) is 11.3 Å². The Bertz CT molecular complexity index is 1110. The summed E-state index contributed by atoms with van der Waals surface area (Å²) in [5.41, 5.74) is 2.03. The van der Waals surface area contributed by atoms with Crippen molar-refractivity contribution >= 4 is 29.2 Å². The Balaban J connectivity index is 1.32. The number of nitrogens with zero attached hydrogens (tertiary/aromatic N) is 5. The number of rotatable bonds is 6. The van der Waals surface area contributed by atoms with E-state index in [-0.39, 0.29) is 11.8 Å². The maximum atomic E-state index is 12.7. The van der Waals surface area contributed by atoms with Gasteiger partial charge in [0, 0.05) is 55.6 Å². The second kappa shape index (κ2) is 10.1. The third kappa shape index (κ3) is 5.36. The van der Waals surface area contributed by atoms with Crippen molar-refractivity contribution in [2.75, 3.05) is 26.2 Å². The van der Waals surface area contributed by atoms with Gasteiger partial charge in [0.2, 0.25) is 5.91 Å². The first-order valence-corrected chi connectivity index (χ1v) is 11.1. The highest BCUT2D eigenvalue weighted by atomic mass is 32.1. The van der Waals surface area contributed by atoms with Crippen molar-refractivity contribution in [3.63, 3.8) is 0 Å². The average molecular weight is 450 g/mol. The minimum Gasteiger partial charge on any atom is -0.487 e. The number of carbonyl (C=O) groups excluding carboxylic acids is 2. The van der Waals surface area contributed by atoms with Crippen molar-refractivity contribution in [3.05, 3.63) is 76.3 Å². The topological polar surface area (TPSA) is 88.5 Å². The summed E-state index contributed by atoms with van der Waals surface area (Å²) in [5, 5.41) is 2.98. The minimum atomic E-state index is -0.165. The van der Waals surface area contributed by atoms with Crippen molar-refractivity contribution in [2.45, 2.75) is 13.5 Å². The van der Waals surface area contributed by atoms with Crippen molar-refractivity contribution < 1.29 is 14.3 Å². The van der Waals surface area contributed by atoms with Gasteiger partial charge in [-0.2, -0.15) is 0 Å². The number of aromatic nitrogens is 3. The molecule has 164 valence electrons. The molecule has 1 aliphatic rings. The maximum absolute atomic E-state index is 12.7. The standard InChI is InChI=1S/C23H23N5O3S/c1-17-26-19(16-32-17)15-31-21-5-3-2-4-18(21)6-7-22(29)27-10-12-28(13-11-27)23(30)20-14-24-8-9-25-20/h2-9,14,16H,10-13,15H2,1H3/b7-6+. The Kier molecular flexibility index (Phi) is 6.86. The van der Waals surface area contributed by atoms with Gasteiger partial charge in [0.25, 0.3) is 5.91 Å². The van der Waals surface area contributed by atoms with Crippen molar-refractivity contribution in [2.24, 2.45) is 0 Å². The van der Waals surface area contributed by atoms with Gasteiger partial charge in [0.05, 0.1) is 16.9 Å². The van der Waals surface area contributed by atoms with E-state index in [1.54, 1.807) is 33.3 Å². The highest BCUT2D eigenvalue weighted by Crippen LogP contribution is 2.21. The van der Waals surface area contributed by atoms with Gasteiger partial charge in [-0.25, -0.2) is 9.97 Å². The van der Waals surface area contributed by atoms with Gasteiger partial charge < -0.3 is 14.5 Å². The van der Waals surface area contributed by atoms with E-state index in [0.717, 1.165) is 16.3 Å². The molecule has 0 N–H and O–H groups in total. The van der Waals surface area contributed by atoms with Gasteiger partial charge in [-0.3, -0.25) is 14.6 Å². The lowest BCUT2D eigenvalue weighted by Crippen LogP contribution is -2.50. The zero-order chi connectivity index (χ0) is 22.3. The molecule has 4 rings (SSSR count). The van der Waals surface area contributed by atoms with Crippen LogP contribution in [-0.2, 0) is 11.4 Å². The second-order valence-electron chi connectivity index (χ2n) is 7.23. The molecule has 3 aromatic rings. The van der Waals surface area contributed by atoms with E-state index in [4.69, 9.17) is 4.74 Å². The van der Waals surface area contributed by atoms with Crippen molar-refractivity contribution in [1.29, 1.82) is 0 Å². The van der Waals surface area contributed by atoms with E-state index in [1.165, 1.54) is 18.6 Å². The number of ether oxygens (including phenoxy) is 1. The van der Waals surface area contributed by atoms with Gasteiger partial charge >= 0.3 is 0 Å². The zero-order valence-electron chi connectivity index (χ0n) is 17.7. The molecule has 32 heavy (non-hydrogen) atoms. The molecular formula is C23H23N5O3S. The third-order valence-electron chi connectivity index (χ3n) is 5.03. The summed E-state index contributed by atoms with van der Waals surface area (Å²) < 4.78 is 5.91. The van der Waals surface area contributed by atoms with E-state index in [0.29, 0.717) is 44.2 Å². The SMILES string of the molecule is Cc1nc(COc2ccccc2/C=C/C(=O)N2CCN(C(=O)c3cnccn3)CC2)cs1. The number of para-hydroxylation sites is 1. The number of thiazole rings is 1. The number of aryl methyl sites for hydroxylation is 1. The van der Waals surface area contributed by atoms with Crippen LogP contribution in [0.15, 0.2) is 54.3 Å². The molecule has 2 amide bonds. The lowest BCUT2D eigenvalue weighted by Gasteiger charge is -2.34. The summed E-state index contributed by atoms with van der Waals surface area (Å²) in [4.78, 5) is 41.0.